The van der Waals surface area contributed by atoms with Gasteiger partial charge in [-0.15, -0.1) is 0 Å². The van der Waals surface area contributed by atoms with Crippen molar-refractivity contribution in [2.24, 2.45) is 5.73 Å². The lowest BCUT2D eigenvalue weighted by atomic mass is 10.1. The predicted octanol–water partition coefficient (Wildman–Crippen LogP) is 2.06. The van der Waals surface area contributed by atoms with Crippen LogP contribution in [-0.2, 0) is 10.0 Å². The van der Waals surface area contributed by atoms with Crippen molar-refractivity contribution in [3.05, 3.63) is 32.8 Å². The highest BCUT2D eigenvalue weighted by Crippen LogP contribution is 2.35. The average Bonchev–Trinajstić information content (AvgIpc) is 2.48. The molecule has 1 fully saturated rings. The van der Waals surface area contributed by atoms with E-state index in [9.17, 15) is 18.5 Å². The average molecular weight is 348 g/mol. The van der Waals surface area contributed by atoms with Gasteiger partial charge >= 0.3 is 0 Å². The number of nitrogens with two attached hydrogens (primary N) is 1. The second-order valence-corrected chi connectivity index (χ2v) is 7.59. The minimum absolute atomic E-state index is 0.213. The smallest absolute Gasteiger partial charge is 0.289 e. The molecule has 0 aromatic heterocycles. The molecule has 0 aliphatic carbocycles. The minimum Gasteiger partial charge on any atom is -0.329 e. The van der Waals surface area contributed by atoms with Gasteiger partial charge in [-0.25, -0.2) is 8.42 Å². The molecule has 1 heterocycles. The number of nitrogens with zero attached hydrogens (tertiary/aromatic N) is 2. The first kappa shape index (κ1) is 17.1. The lowest BCUT2D eigenvalue weighted by Gasteiger charge is -2.34. The number of hydrogen-bond acceptors (Lipinski definition) is 5. The van der Waals surface area contributed by atoms with Gasteiger partial charge in [0.05, 0.1) is 4.92 Å². The number of nitro groups is 1. The van der Waals surface area contributed by atoms with Crippen molar-refractivity contribution in [2.45, 2.75) is 37.1 Å². The van der Waals surface area contributed by atoms with Crippen molar-refractivity contribution in [1.82, 2.24) is 4.31 Å². The zero-order valence-electron chi connectivity index (χ0n) is 12.2. The Hall–Kier alpha value is -1.22. The fourth-order valence-corrected chi connectivity index (χ4v) is 5.03. The molecule has 1 atom stereocenters. The highest BCUT2D eigenvalue weighted by molar-refractivity contribution is 7.89. The maximum Gasteiger partial charge on any atom is 0.289 e. The molecular weight excluding hydrogens is 330 g/mol. The van der Waals surface area contributed by atoms with Gasteiger partial charge in [-0.05, 0) is 31.4 Å². The van der Waals surface area contributed by atoms with Gasteiger partial charge in [-0.1, -0.05) is 18.0 Å². The lowest BCUT2D eigenvalue weighted by molar-refractivity contribution is -0.385. The summed E-state index contributed by atoms with van der Waals surface area (Å²) in [6.07, 6.45) is 2.33. The summed E-state index contributed by atoms with van der Waals surface area (Å²) in [7, 11) is -3.92. The predicted molar refractivity (Wildman–Crippen MR) is 83.4 cm³/mol. The monoisotopic (exact) mass is 347 g/mol. The number of halogens is 1. The molecule has 0 amide bonds. The van der Waals surface area contributed by atoms with Crippen LogP contribution in [0.2, 0.25) is 5.02 Å². The fraction of sp³-hybridized carbons (Fsp3) is 0.538. The number of sulfonamides is 1. The molecule has 1 unspecified atom stereocenters. The molecule has 0 bridgehead atoms. The summed E-state index contributed by atoms with van der Waals surface area (Å²) in [5.41, 5.74) is 5.73. The third-order valence-electron chi connectivity index (χ3n) is 3.79. The normalized spacial score (nSPS) is 20.0. The van der Waals surface area contributed by atoms with E-state index in [0.717, 1.165) is 12.8 Å². The first-order valence-corrected chi connectivity index (χ1v) is 8.77. The lowest BCUT2D eigenvalue weighted by Crippen LogP contribution is -2.47. The Morgan fingerprint density at radius 2 is 2.14 bits per heavy atom. The zero-order valence-corrected chi connectivity index (χ0v) is 13.7. The van der Waals surface area contributed by atoms with Crippen LogP contribution >= 0.6 is 11.6 Å². The van der Waals surface area contributed by atoms with Gasteiger partial charge in [-0.2, -0.15) is 4.31 Å². The van der Waals surface area contributed by atoms with Gasteiger partial charge in [0, 0.05) is 25.2 Å². The van der Waals surface area contributed by atoms with Crippen LogP contribution in [0.3, 0.4) is 0 Å². The Morgan fingerprint density at radius 3 is 2.73 bits per heavy atom. The molecule has 2 rings (SSSR count). The molecule has 1 aliphatic rings. The molecule has 9 heteroatoms. The van der Waals surface area contributed by atoms with Crippen LogP contribution < -0.4 is 5.73 Å². The molecule has 2 N–H and O–H groups in total. The Bertz CT molecular complexity index is 693. The van der Waals surface area contributed by atoms with Crippen LogP contribution in [0.5, 0.6) is 0 Å². The van der Waals surface area contributed by atoms with Crippen LogP contribution in [0.25, 0.3) is 0 Å². The highest BCUT2D eigenvalue weighted by atomic mass is 35.5. The van der Waals surface area contributed by atoms with E-state index in [-0.39, 0.29) is 22.5 Å². The number of nitro benzene ring substituents is 1. The van der Waals surface area contributed by atoms with Gasteiger partial charge in [0.25, 0.3) is 5.69 Å². The molecule has 0 saturated carbocycles. The second kappa shape index (κ2) is 6.49. The van der Waals surface area contributed by atoms with E-state index in [1.165, 1.54) is 16.4 Å². The number of aryl methyl sites for hydroxylation is 1. The van der Waals surface area contributed by atoms with E-state index in [2.05, 4.69) is 0 Å². The Morgan fingerprint density at radius 1 is 1.45 bits per heavy atom. The largest absolute Gasteiger partial charge is 0.329 e. The summed E-state index contributed by atoms with van der Waals surface area (Å²) in [5, 5.41) is 10.7. The Labute approximate surface area is 134 Å². The van der Waals surface area contributed by atoms with Crippen LogP contribution in [-0.4, -0.2) is 36.8 Å². The van der Waals surface area contributed by atoms with Gasteiger partial charge in [0.1, 0.15) is 9.92 Å². The van der Waals surface area contributed by atoms with Crippen molar-refractivity contribution in [2.75, 3.05) is 13.1 Å². The molecule has 0 spiro atoms. The number of piperidine rings is 1. The van der Waals surface area contributed by atoms with Crippen LogP contribution in [0.15, 0.2) is 17.0 Å². The molecule has 0 radical (unpaired) electrons. The van der Waals surface area contributed by atoms with Crippen LogP contribution in [0, 0.1) is 17.0 Å². The maximum absolute atomic E-state index is 12.9. The van der Waals surface area contributed by atoms with Crippen molar-refractivity contribution >= 4 is 27.3 Å². The minimum atomic E-state index is -3.92. The van der Waals surface area contributed by atoms with E-state index in [1.807, 2.05) is 0 Å². The quantitative estimate of drug-likeness (QED) is 0.662. The third kappa shape index (κ3) is 3.10. The summed E-state index contributed by atoms with van der Waals surface area (Å²) < 4.78 is 27.1. The first-order chi connectivity index (χ1) is 10.3. The van der Waals surface area contributed by atoms with Gasteiger partial charge in [0.15, 0.2) is 0 Å². The van der Waals surface area contributed by atoms with E-state index >= 15 is 0 Å². The molecule has 1 aliphatic heterocycles. The fourth-order valence-electron chi connectivity index (χ4n) is 2.69. The van der Waals surface area contributed by atoms with Crippen molar-refractivity contribution < 1.29 is 13.3 Å². The summed E-state index contributed by atoms with van der Waals surface area (Å²) in [4.78, 5) is 10.1. The van der Waals surface area contributed by atoms with Gasteiger partial charge < -0.3 is 5.73 Å². The third-order valence-corrected chi connectivity index (χ3v) is 6.28. The van der Waals surface area contributed by atoms with Crippen LogP contribution in [0.1, 0.15) is 24.8 Å². The summed E-state index contributed by atoms with van der Waals surface area (Å²) in [5.74, 6) is 0. The van der Waals surface area contributed by atoms with Gasteiger partial charge in [-0.3, -0.25) is 10.1 Å². The maximum atomic E-state index is 12.9. The standard InChI is InChI=1S/C13H18ClN3O4S/c1-9-6-11(17(18)19)13(14)12(7-9)22(20,21)16-5-3-2-4-10(16)8-15/h6-7,10H,2-5,8,15H2,1H3. The summed E-state index contributed by atoms with van der Waals surface area (Å²) >= 11 is 5.99. The second-order valence-electron chi connectivity index (χ2n) is 5.35. The Balaban J connectivity index is 2.56. The number of hydrogen-bond donors (Lipinski definition) is 1. The Kier molecular flexibility index (Phi) is 5.06. The van der Waals surface area contributed by atoms with E-state index in [4.69, 9.17) is 17.3 Å². The summed E-state index contributed by atoms with van der Waals surface area (Å²) in [6, 6.07) is 2.33. The SMILES string of the molecule is Cc1cc([N+](=O)[O-])c(Cl)c(S(=O)(=O)N2CCCCC2CN)c1. The topological polar surface area (TPSA) is 107 Å². The van der Waals surface area contributed by atoms with Crippen LogP contribution in [0.4, 0.5) is 5.69 Å². The molecule has 1 aromatic carbocycles. The van der Waals surface area contributed by atoms with Gasteiger partial charge in [0.2, 0.25) is 10.0 Å². The molecule has 1 aromatic rings. The number of rotatable bonds is 4. The number of benzene rings is 1. The van der Waals surface area contributed by atoms with E-state index in [1.54, 1.807) is 6.92 Å². The highest BCUT2D eigenvalue weighted by Gasteiger charge is 2.36. The summed E-state index contributed by atoms with van der Waals surface area (Å²) in [6.45, 7) is 2.16. The zero-order chi connectivity index (χ0) is 16.5. The van der Waals surface area contributed by atoms with Crippen molar-refractivity contribution in [3.8, 4) is 0 Å². The molecular formula is C13H18ClN3O4S. The molecule has 122 valence electrons. The van der Waals surface area contributed by atoms with E-state index < -0.39 is 20.6 Å². The molecule has 22 heavy (non-hydrogen) atoms. The van der Waals surface area contributed by atoms with Crippen molar-refractivity contribution in [1.29, 1.82) is 0 Å². The molecule has 7 nitrogen and oxygen atoms in total. The first-order valence-electron chi connectivity index (χ1n) is 6.95. The molecule has 1 saturated heterocycles. The van der Waals surface area contributed by atoms with E-state index in [0.29, 0.717) is 18.5 Å². The van der Waals surface area contributed by atoms with Crippen molar-refractivity contribution in [3.63, 3.8) is 0 Å².